The number of carboxylic acid groups (broad SMARTS) is 1. The predicted octanol–water partition coefficient (Wildman–Crippen LogP) is 1.96. The van der Waals surface area contributed by atoms with E-state index in [-0.39, 0.29) is 18.0 Å². The molecule has 0 unspecified atom stereocenters. The van der Waals surface area contributed by atoms with Crippen LogP contribution in [0.5, 0.6) is 0 Å². The molecule has 0 atom stereocenters. The van der Waals surface area contributed by atoms with Crippen molar-refractivity contribution in [3.05, 3.63) is 52.7 Å². The summed E-state index contributed by atoms with van der Waals surface area (Å²) in [6, 6.07) is 5.79. The van der Waals surface area contributed by atoms with E-state index >= 15 is 0 Å². The third kappa shape index (κ3) is 3.32. The minimum absolute atomic E-state index is 0.0697. The summed E-state index contributed by atoms with van der Waals surface area (Å²) in [6.45, 7) is 0.0697. The number of carbonyl (C=O) groups is 2. The fourth-order valence-corrected chi connectivity index (χ4v) is 1.53. The first kappa shape index (κ1) is 13.1. The Balaban J connectivity index is 1.98. The van der Waals surface area contributed by atoms with Gasteiger partial charge < -0.3 is 14.8 Å². The third-order valence-electron chi connectivity index (χ3n) is 2.25. The lowest BCUT2D eigenvalue weighted by atomic mass is 10.3. The molecule has 0 radical (unpaired) electrons. The summed E-state index contributed by atoms with van der Waals surface area (Å²) < 4.78 is 4.99. The zero-order valence-electron chi connectivity index (χ0n) is 9.59. The van der Waals surface area contributed by atoms with Crippen LogP contribution in [0.1, 0.15) is 26.8 Å². The van der Waals surface area contributed by atoms with Gasteiger partial charge in [-0.2, -0.15) is 0 Å². The molecule has 2 aromatic heterocycles. The molecule has 1 amide bonds. The van der Waals surface area contributed by atoms with E-state index in [1.807, 2.05) is 0 Å². The Labute approximate surface area is 113 Å². The van der Waals surface area contributed by atoms with Crippen molar-refractivity contribution in [3.63, 3.8) is 0 Å². The van der Waals surface area contributed by atoms with Crippen molar-refractivity contribution in [2.24, 2.45) is 0 Å². The molecule has 0 aliphatic carbocycles. The van der Waals surface area contributed by atoms with E-state index in [9.17, 15) is 9.59 Å². The highest BCUT2D eigenvalue weighted by atomic mass is 35.5. The first-order valence-corrected chi connectivity index (χ1v) is 5.66. The van der Waals surface area contributed by atoms with Crippen molar-refractivity contribution in [1.82, 2.24) is 10.3 Å². The summed E-state index contributed by atoms with van der Waals surface area (Å²) in [7, 11) is 0. The van der Waals surface area contributed by atoms with Crippen LogP contribution < -0.4 is 5.32 Å². The lowest BCUT2D eigenvalue weighted by Gasteiger charge is -2.02. The number of hydrogen-bond donors (Lipinski definition) is 2. The van der Waals surface area contributed by atoms with Crippen LogP contribution in [0.3, 0.4) is 0 Å². The molecule has 6 nitrogen and oxygen atoms in total. The van der Waals surface area contributed by atoms with Crippen LogP contribution in [0.2, 0.25) is 5.02 Å². The van der Waals surface area contributed by atoms with Gasteiger partial charge in [0.2, 0.25) is 5.76 Å². The van der Waals surface area contributed by atoms with Crippen molar-refractivity contribution in [2.75, 3.05) is 0 Å². The summed E-state index contributed by atoms with van der Waals surface area (Å²) >= 11 is 5.74. The molecular weight excluding hydrogens is 272 g/mol. The predicted molar refractivity (Wildman–Crippen MR) is 66.1 cm³/mol. The van der Waals surface area contributed by atoms with Gasteiger partial charge in [-0.1, -0.05) is 11.6 Å². The molecule has 2 aromatic rings. The number of carbonyl (C=O) groups excluding carboxylic acids is 1. The van der Waals surface area contributed by atoms with Gasteiger partial charge in [0.25, 0.3) is 5.91 Å². The van der Waals surface area contributed by atoms with Crippen molar-refractivity contribution in [1.29, 1.82) is 0 Å². The Bertz CT molecular complexity index is 624. The molecule has 2 rings (SSSR count). The highest BCUT2D eigenvalue weighted by Gasteiger charge is 2.11. The number of aromatic carboxylic acids is 1. The standard InChI is InChI=1S/C12H9ClN2O4/c13-7-3-4-14-9(5-7)11(16)15-6-8-1-2-10(19-8)12(17)18/h1-5H,6H2,(H,15,16)(H,17,18). The Morgan fingerprint density at radius 2 is 2.16 bits per heavy atom. The van der Waals surface area contributed by atoms with E-state index in [2.05, 4.69) is 10.3 Å². The minimum Gasteiger partial charge on any atom is -0.475 e. The van der Waals surface area contributed by atoms with Crippen LogP contribution >= 0.6 is 11.6 Å². The lowest BCUT2D eigenvalue weighted by molar-refractivity contribution is 0.0660. The van der Waals surface area contributed by atoms with Crippen molar-refractivity contribution < 1.29 is 19.1 Å². The van der Waals surface area contributed by atoms with Crippen molar-refractivity contribution >= 4 is 23.5 Å². The monoisotopic (exact) mass is 280 g/mol. The average molecular weight is 281 g/mol. The molecular formula is C12H9ClN2O4. The van der Waals surface area contributed by atoms with E-state index in [0.717, 1.165) is 0 Å². The molecule has 0 spiro atoms. The van der Waals surface area contributed by atoms with Crippen molar-refractivity contribution in [2.45, 2.75) is 6.54 Å². The summed E-state index contributed by atoms with van der Waals surface area (Å²) in [5, 5.41) is 11.6. The van der Waals surface area contributed by atoms with Crippen LogP contribution in [0.15, 0.2) is 34.9 Å². The topological polar surface area (TPSA) is 92.4 Å². The SMILES string of the molecule is O=C(NCc1ccc(C(=O)O)o1)c1cc(Cl)ccn1. The Morgan fingerprint density at radius 1 is 1.37 bits per heavy atom. The molecule has 0 aromatic carbocycles. The molecule has 0 bridgehead atoms. The van der Waals surface area contributed by atoms with Crippen LogP contribution in [-0.4, -0.2) is 22.0 Å². The Kier molecular flexibility index (Phi) is 3.82. The van der Waals surface area contributed by atoms with Gasteiger partial charge in [-0.25, -0.2) is 4.79 Å². The molecule has 2 N–H and O–H groups in total. The Hall–Kier alpha value is -2.34. The highest BCUT2D eigenvalue weighted by Crippen LogP contribution is 2.09. The van der Waals surface area contributed by atoms with E-state index < -0.39 is 11.9 Å². The number of amides is 1. The summed E-state index contributed by atoms with van der Waals surface area (Å²) in [6.07, 6.45) is 1.42. The molecule has 0 saturated heterocycles. The van der Waals surface area contributed by atoms with Crippen LogP contribution in [0.25, 0.3) is 0 Å². The van der Waals surface area contributed by atoms with Gasteiger partial charge in [0.15, 0.2) is 0 Å². The number of furan rings is 1. The molecule has 0 saturated carbocycles. The largest absolute Gasteiger partial charge is 0.475 e. The van der Waals surface area contributed by atoms with Gasteiger partial charge in [0.05, 0.1) is 6.54 Å². The fraction of sp³-hybridized carbons (Fsp3) is 0.0833. The number of rotatable bonds is 4. The second-order valence-electron chi connectivity index (χ2n) is 3.61. The molecule has 0 aliphatic heterocycles. The first-order valence-electron chi connectivity index (χ1n) is 5.28. The summed E-state index contributed by atoms with van der Waals surface area (Å²) in [5.41, 5.74) is 0.178. The van der Waals surface area contributed by atoms with Crippen LogP contribution in [0.4, 0.5) is 0 Å². The van der Waals surface area contributed by atoms with Gasteiger partial charge in [-0.3, -0.25) is 9.78 Å². The molecule has 0 aliphatic rings. The number of nitrogens with zero attached hydrogens (tertiary/aromatic N) is 1. The number of aromatic nitrogens is 1. The number of pyridine rings is 1. The maximum atomic E-state index is 11.7. The maximum Gasteiger partial charge on any atom is 0.371 e. The lowest BCUT2D eigenvalue weighted by Crippen LogP contribution is -2.23. The molecule has 2 heterocycles. The quantitative estimate of drug-likeness (QED) is 0.893. The molecule has 7 heteroatoms. The molecule has 98 valence electrons. The second kappa shape index (κ2) is 5.53. The third-order valence-corrected chi connectivity index (χ3v) is 2.49. The van der Waals surface area contributed by atoms with E-state index in [0.29, 0.717) is 10.8 Å². The highest BCUT2D eigenvalue weighted by molar-refractivity contribution is 6.30. The summed E-state index contributed by atoms with van der Waals surface area (Å²) in [5.74, 6) is -1.41. The van der Waals surface area contributed by atoms with E-state index in [4.69, 9.17) is 21.1 Å². The fourth-order valence-electron chi connectivity index (χ4n) is 1.37. The van der Waals surface area contributed by atoms with Gasteiger partial charge >= 0.3 is 5.97 Å². The number of halogens is 1. The zero-order chi connectivity index (χ0) is 13.8. The van der Waals surface area contributed by atoms with Gasteiger partial charge in [-0.05, 0) is 24.3 Å². The zero-order valence-corrected chi connectivity index (χ0v) is 10.3. The van der Waals surface area contributed by atoms with Crippen molar-refractivity contribution in [3.8, 4) is 0 Å². The summed E-state index contributed by atoms with van der Waals surface area (Å²) in [4.78, 5) is 26.2. The minimum atomic E-state index is -1.16. The number of nitrogens with one attached hydrogen (secondary N) is 1. The first-order chi connectivity index (χ1) is 9.06. The van der Waals surface area contributed by atoms with Gasteiger partial charge in [0.1, 0.15) is 11.5 Å². The van der Waals surface area contributed by atoms with E-state index in [1.165, 1.54) is 24.4 Å². The smallest absolute Gasteiger partial charge is 0.371 e. The Morgan fingerprint density at radius 3 is 2.79 bits per heavy atom. The number of carboxylic acids is 1. The second-order valence-corrected chi connectivity index (χ2v) is 4.05. The van der Waals surface area contributed by atoms with Crippen LogP contribution in [-0.2, 0) is 6.54 Å². The van der Waals surface area contributed by atoms with E-state index in [1.54, 1.807) is 6.07 Å². The molecule has 19 heavy (non-hydrogen) atoms. The average Bonchev–Trinajstić information content (AvgIpc) is 2.85. The molecule has 0 fully saturated rings. The van der Waals surface area contributed by atoms with Gasteiger partial charge in [0, 0.05) is 11.2 Å². The maximum absolute atomic E-state index is 11.7. The normalized spacial score (nSPS) is 10.2. The van der Waals surface area contributed by atoms with Crippen LogP contribution in [0, 0.1) is 0 Å². The van der Waals surface area contributed by atoms with Gasteiger partial charge in [-0.15, -0.1) is 0 Å². The number of hydrogen-bond acceptors (Lipinski definition) is 4.